The monoisotopic (exact) mass is 308 g/mol. The van der Waals surface area contributed by atoms with Crippen LogP contribution in [0.5, 0.6) is 0 Å². The van der Waals surface area contributed by atoms with Gasteiger partial charge in [-0.05, 0) is 26.0 Å². The van der Waals surface area contributed by atoms with Gasteiger partial charge in [0.1, 0.15) is 17.0 Å². The molecule has 112 valence electrons. The third-order valence-corrected chi connectivity index (χ3v) is 5.38. The smallest absolute Gasteiger partial charge is 0.356 e. The van der Waals surface area contributed by atoms with Crippen LogP contribution in [0.1, 0.15) is 24.3 Å². The Hall–Kier alpha value is -2.02. The molecule has 0 fully saturated rings. The molecule has 2 aromatic rings. The standard InChI is InChI=1S/C14H16N2O4S/c1-14(2,21(3,18)19)9-20-13(17)11-7-10-5-4-6-15-12(10)8-16-11/h4-8H,9H2,1-3H3. The Kier molecular flexibility index (Phi) is 3.95. The second kappa shape index (κ2) is 5.40. The van der Waals surface area contributed by atoms with Crippen LogP contribution < -0.4 is 0 Å². The van der Waals surface area contributed by atoms with E-state index < -0.39 is 20.6 Å². The van der Waals surface area contributed by atoms with Crippen LogP contribution in [-0.4, -0.2) is 42.0 Å². The van der Waals surface area contributed by atoms with E-state index in [1.165, 1.54) is 20.0 Å². The van der Waals surface area contributed by atoms with E-state index in [9.17, 15) is 13.2 Å². The van der Waals surface area contributed by atoms with Crippen molar-refractivity contribution in [1.82, 2.24) is 9.97 Å². The van der Waals surface area contributed by atoms with E-state index in [0.717, 1.165) is 11.6 Å². The Bertz CT molecular complexity index is 784. The molecule has 0 aliphatic heterocycles. The summed E-state index contributed by atoms with van der Waals surface area (Å²) < 4.78 is 27.1. The van der Waals surface area contributed by atoms with Crippen LogP contribution in [0, 0.1) is 0 Å². The molecule has 2 rings (SSSR count). The number of carbonyl (C=O) groups is 1. The van der Waals surface area contributed by atoms with Gasteiger partial charge in [0.25, 0.3) is 0 Å². The summed E-state index contributed by atoms with van der Waals surface area (Å²) in [6, 6.07) is 5.13. The van der Waals surface area contributed by atoms with Crippen LogP contribution in [0.15, 0.2) is 30.6 Å². The predicted molar refractivity (Wildman–Crippen MR) is 78.7 cm³/mol. The lowest BCUT2D eigenvalue weighted by Gasteiger charge is -2.21. The molecule has 0 unspecified atom stereocenters. The highest BCUT2D eigenvalue weighted by Gasteiger charge is 2.32. The summed E-state index contributed by atoms with van der Waals surface area (Å²) in [5.41, 5.74) is 0.797. The molecule has 7 heteroatoms. The van der Waals surface area contributed by atoms with E-state index in [4.69, 9.17) is 4.74 Å². The molecule has 0 saturated heterocycles. The first kappa shape index (κ1) is 15.4. The number of pyridine rings is 2. The molecule has 6 nitrogen and oxygen atoms in total. The number of ether oxygens (including phenoxy) is 1. The zero-order valence-corrected chi connectivity index (χ0v) is 12.8. The van der Waals surface area contributed by atoms with Crippen LogP contribution >= 0.6 is 0 Å². The summed E-state index contributed by atoms with van der Waals surface area (Å²) in [4.78, 5) is 20.1. The largest absolute Gasteiger partial charge is 0.459 e. The summed E-state index contributed by atoms with van der Waals surface area (Å²) >= 11 is 0. The van der Waals surface area contributed by atoms with Gasteiger partial charge in [-0.3, -0.25) is 4.98 Å². The minimum atomic E-state index is -3.32. The van der Waals surface area contributed by atoms with Crippen LogP contribution in [0.4, 0.5) is 0 Å². The fraction of sp³-hybridized carbons (Fsp3) is 0.357. The molecule has 0 radical (unpaired) electrons. The number of sulfone groups is 1. The third kappa shape index (κ3) is 3.36. The predicted octanol–water partition coefficient (Wildman–Crippen LogP) is 1.61. The minimum absolute atomic E-state index is 0.125. The molecule has 0 aromatic carbocycles. The summed E-state index contributed by atoms with van der Waals surface area (Å²) in [5, 5.41) is 0.766. The molecule has 0 atom stereocenters. The zero-order chi connectivity index (χ0) is 15.7. The van der Waals surface area contributed by atoms with Crippen molar-refractivity contribution in [3.63, 3.8) is 0 Å². The van der Waals surface area contributed by atoms with E-state index in [0.29, 0.717) is 5.52 Å². The van der Waals surface area contributed by atoms with Crippen LogP contribution in [-0.2, 0) is 14.6 Å². The van der Waals surface area contributed by atoms with Gasteiger partial charge in [0.2, 0.25) is 0 Å². The lowest BCUT2D eigenvalue weighted by molar-refractivity contribution is 0.0467. The first-order chi connectivity index (χ1) is 9.71. The number of hydrogen-bond acceptors (Lipinski definition) is 6. The van der Waals surface area contributed by atoms with Crippen molar-refractivity contribution < 1.29 is 17.9 Å². The molecule has 0 saturated carbocycles. The fourth-order valence-electron chi connectivity index (χ4n) is 1.51. The molecule has 2 aromatic heterocycles. The molecule has 0 aliphatic carbocycles. The van der Waals surface area contributed by atoms with Crippen molar-refractivity contribution in [1.29, 1.82) is 0 Å². The van der Waals surface area contributed by atoms with Crippen LogP contribution in [0.2, 0.25) is 0 Å². The highest BCUT2D eigenvalue weighted by atomic mass is 32.2. The maximum Gasteiger partial charge on any atom is 0.356 e. The van der Waals surface area contributed by atoms with Gasteiger partial charge in [0, 0.05) is 17.8 Å². The van der Waals surface area contributed by atoms with Gasteiger partial charge in [0.05, 0.1) is 11.7 Å². The number of rotatable bonds is 4. The Morgan fingerprint density at radius 3 is 2.71 bits per heavy atom. The minimum Gasteiger partial charge on any atom is -0.459 e. The number of aromatic nitrogens is 2. The van der Waals surface area contributed by atoms with Crippen molar-refractivity contribution in [3.8, 4) is 0 Å². The second-order valence-electron chi connectivity index (χ2n) is 5.37. The molecular weight excluding hydrogens is 292 g/mol. The van der Waals surface area contributed by atoms with Crippen molar-refractivity contribution in [2.24, 2.45) is 0 Å². The summed E-state index contributed by atoms with van der Waals surface area (Å²) in [7, 11) is -3.32. The average molecular weight is 308 g/mol. The average Bonchev–Trinajstić information content (AvgIpc) is 2.43. The van der Waals surface area contributed by atoms with Gasteiger partial charge < -0.3 is 4.74 Å². The van der Waals surface area contributed by atoms with Crippen LogP contribution in [0.25, 0.3) is 10.9 Å². The quantitative estimate of drug-likeness (QED) is 0.798. The zero-order valence-electron chi connectivity index (χ0n) is 12.0. The Labute approximate surface area is 123 Å². The van der Waals surface area contributed by atoms with Crippen molar-refractivity contribution in [2.75, 3.05) is 12.9 Å². The van der Waals surface area contributed by atoms with Gasteiger partial charge in [-0.25, -0.2) is 18.2 Å². The van der Waals surface area contributed by atoms with E-state index in [-0.39, 0.29) is 12.3 Å². The molecule has 0 N–H and O–H groups in total. The van der Waals surface area contributed by atoms with Gasteiger partial charge >= 0.3 is 5.97 Å². The SMILES string of the molecule is CC(C)(COC(=O)c1cc2cccnc2cn1)S(C)(=O)=O. The lowest BCUT2D eigenvalue weighted by Crippen LogP contribution is -2.37. The molecule has 0 amide bonds. The molecule has 21 heavy (non-hydrogen) atoms. The second-order valence-corrected chi connectivity index (χ2v) is 8.02. The number of nitrogens with zero attached hydrogens (tertiary/aromatic N) is 2. The molecule has 0 aliphatic rings. The normalized spacial score (nSPS) is 12.3. The number of esters is 1. The topological polar surface area (TPSA) is 86.2 Å². The first-order valence-corrected chi connectivity index (χ1v) is 8.17. The van der Waals surface area contributed by atoms with Crippen molar-refractivity contribution in [3.05, 3.63) is 36.3 Å². The summed E-state index contributed by atoms with van der Waals surface area (Å²) in [5.74, 6) is -0.655. The highest BCUT2D eigenvalue weighted by Crippen LogP contribution is 2.17. The maximum absolute atomic E-state index is 12.0. The first-order valence-electron chi connectivity index (χ1n) is 6.28. The highest BCUT2D eigenvalue weighted by molar-refractivity contribution is 7.92. The van der Waals surface area contributed by atoms with E-state index >= 15 is 0 Å². The number of fused-ring (bicyclic) bond motifs is 1. The Balaban J connectivity index is 2.16. The number of carbonyl (C=O) groups excluding carboxylic acids is 1. The van der Waals surface area contributed by atoms with Gasteiger partial charge in [-0.15, -0.1) is 0 Å². The molecule has 2 heterocycles. The molecule has 0 bridgehead atoms. The van der Waals surface area contributed by atoms with Crippen molar-refractivity contribution >= 4 is 26.7 Å². The van der Waals surface area contributed by atoms with Gasteiger partial charge in [0.15, 0.2) is 9.84 Å². The molecular formula is C14H16N2O4S. The van der Waals surface area contributed by atoms with E-state index in [2.05, 4.69) is 9.97 Å². The Morgan fingerprint density at radius 1 is 1.33 bits per heavy atom. The van der Waals surface area contributed by atoms with Gasteiger partial charge in [-0.2, -0.15) is 0 Å². The van der Waals surface area contributed by atoms with Crippen molar-refractivity contribution in [2.45, 2.75) is 18.6 Å². The lowest BCUT2D eigenvalue weighted by atomic mass is 10.2. The fourth-order valence-corrected chi connectivity index (χ4v) is 1.78. The molecule has 0 spiro atoms. The van der Waals surface area contributed by atoms with Gasteiger partial charge in [-0.1, -0.05) is 6.07 Å². The van der Waals surface area contributed by atoms with E-state index in [1.54, 1.807) is 24.4 Å². The Morgan fingerprint density at radius 2 is 2.05 bits per heavy atom. The third-order valence-electron chi connectivity index (χ3n) is 3.25. The van der Waals surface area contributed by atoms with E-state index in [1.807, 2.05) is 0 Å². The maximum atomic E-state index is 12.0. The summed E-state index contributed by atoms with van der Waals surface area (Å²) in [6.45, 7) is 2.79. The summed E-state index contributed by atoms with van der Waals surface area (Å²) in [6.07, 6.45) is 4.23. The van der Waals surface area contributed by atoms with Crippen LogP contribution in [0.3, 0.4) is 0 Å². The number of hydrogen-bond donors (Lipinski definition) is 0.